The lowest BCUT2D eigenvalue weighted by Crippen LogP contribution is -2.64. The normalized spacial score (nSPS) is 17.2. The summed E-state index contributed by atoms with van der Waals surface area (Å²) in [6.07, 6.45) is 87.2. The third kappa shape index (κ3) is 83.9. The summed E-state index contributed by atoms with van der Waals surface area (Å²) in [6.45, 7) is 27.6. The van der Waals surface area contributed by atoms with E-state index in [0.29, 0.717) is 104 Å². The summed E-state index contributed by atoms with van der Waals surface area (Å²) in [6, 6.07) is -2.38. The van der Waals surface area contributed by atoms with E-state index >= 15 is 0 Å². The van der Waals surface area contributed by atoms with Crippen molar-refractivity contribution in [2.45, 2.75) is 681 Å². The van der Waals surface area contributed by atoms with Gasteiger partial charge in [-0.3, -0.25) is 38.8 Å². The number of rotatable bonds is 110. The number of amides is 4. The second-order valence-corrected chi connectivity index (χ2v) is 45.8. The van der Waals surface area contributed by atoms with E-state index in [2.05, 4.69) is 97.9 Å². The molecule has 0 aromatic rings. The van der Waals surface area contributed by atoms with Crippen molar-refractivity contribution in [1.29, 1.82) is 0 Å². The molecule has 21 nitrogen and oxygen atoms in total. The monoisotopic (exact) mass is 2040 g/mol. The van der Waals surface area contributed by atoms with Crippen LogP contribution in [0.25, 0.3) is 0 Å². The van der Waals surface area contributed by atoms with Crippen molar-refractivity contribution in [2.24, 2.45) is 0 Å². The predicted molar refractivity (Wildman–Crippen MR) is 610 cm³/mol. The van der Waals surface area contributed by atoms with Gasteiger partial charge in [-0.05, 0) is 161 Å². The lowest BCUT2D eigenvalue weighted by atomic mass is 9.97. The van der Waals surface area contributed by atoms with Crippen molar-refractivity contribution >= 4 is 23.6 Å². The van der Waals surface area contributed by atoms with Gasteiger partial charge in [-0.25, -0.2) is 0 Å². The molecule has 0 radical (unpaired) electrons. The Morgan fingerprint density at radius 2 is 0.354 bits per heavy atom. The van der Waals surface area contributed by atoms with Gasteiger partial charge in [0.2, 0.25) is 23.6 Å². The van der Waals surface area contributed by atoms with E-state index in [-0.39, 0.29) is 30.2 Å². The van der Waals surface area contributed by atoms with Crippen LogP contribution in [-0.4, -0.2) is 258 Å². The number of nitrogens with one attached hydrogen (secondary N) is 3. The number of carbonyl (C=O) groups is 4. The molecule has 0 aromatic heterocycles. The van der Waals surface area contributed by atoms with Crippen LogP contribution in [0, 0.1) is 0 Å². The van der Waals surface area contributed by atoms with Gasteiger partial charge in [0.05, 0.1) is 54.9 Å². The summed E-state index contributed by atoms with van der Waals surface area (Å²) in [5.41, 5.74) is 0. The number of β-amino-alcohol motifs (C(OH)–C–C–N with tert-alkyl or cyclic N) is 1. The zero-order chi connectivity index (χ0) is 105. The fourth-order valence-corrected chi connectivity index (χ4v) is 21.8. The number of piperazine rings is 2. The second kappa shape index (κ2) is 102. The van der Waals surface area contributed by atoms with Gasteiger partial charge in [0.1, 0.15) is 24.2 Å². The highest BCUT2D eigenvalue weighted by Crippen LogP contribution is 2.27. The molecule has 856 valence electrons. The van der Waals surface area contributed by atoms with Gasteiger partial charge in [-0.2, -0.15) is 0 Å². The number of unbranched alkanes of at least 4 members (excludes halogenated alkanes) is 58. The molecular formula is C123H246N8O13. The van der Waals surface area contributed by atoms with Crippen LogP contribution in [0.2, 0.25) is 0 Å². The highest BCUT2D eigenvalue weighted by atomic mass is 16.3. The summed E-state index contributed by atoms with van der Waals surface area (Å²) in [5, 5.41) is 109. The van der Waals surface area contributed by atoms with Gasteiger partial charge in [-0.1, -0.05) is 467 Å². The molecule has 2 aliphatic rings. The van der Waals surface area contributed by atoms with Crippen molar-refractivity contribution in [2.75, 3.05) is 85.1 Å². The lowest BCUT2D eigenvalue weighted by Gasteiger charge is -2.40. The van der Waals surface area contributed by atoms with E-state index < -0.39 is 79.1 Å². The first-order chi connectivity index (χ1) is 70.1. The summed E-state index contributed by atoms with van der Waals surface area (Å²) in [5.74, 6) is -0.474. The van der Waals surface area contributed by atoms with E-state index in [1.807, 2.05) is 0 Å². The highest BCUT2D eigenvalue weighted by Gasteiger charge is 2.41. The molecular weight excluding hydrogens is 1800 g/mol. The average Bonchev–Trinajstić information content (AvgIpc) is 0.806. The van der Waals surface area contributed by atoms with Gasteiger partial charge in [0.25, 0.3) is 0 Å². The summed E-state index contributed by atoms with van der Waals surface area (Å²) < 4.78 is 0. The quantitative estimate of drug-likeness (QED) is 0.0252. The Morgan fingerprint density at radius 1 is 0.194 bits per heavy atom. The summed E-state index contributed by atoms with van der Waals surface area (Å²) >= 11 is 0. The first-order valence-corrected chi connectivity index (χ1v) is 63.3. The standard InChI is InChI=1S/C67H134N4O7.C56H112N4O6/c1-6-11-16-21-26-31-36-45-59(72)54-69(55-60(73)46-37-32-27-22-17-12-7-2)52-43-41-50-64-67(78)71(58-63(76)49-40-35-30-25-20-15-10-5)65(66(77)68-64)51-42-44-53-70(56-61(74)47-38-33-28-23-18-13-8-3)57-62(75)48-39-34-29-24-19-14-9-4;1-5-9-13-17-21-25-29-37-49(61)45-59(46-50(62)38-30-26-22-18-14-10-6-2)43-35-33-41-53-55(65)58-54(56(66)57-53)42-34-36-44-60(47-51(63)39-31-27-23-19-15-11-7-3)48-52(64)40-32-28-24-20-16-12-8-4/h59-65,72-76H,6-58H2,1-5H3,(H,68,77);49-54,61-64H,5-48H2,1-4H3,(H,57,66)(H,58,65). The van der Waals surface area contributed by atoms with Crippen LogP contribution in [0.5, 0.6) is 0 Å². The topological polar surface area (TPSA) is 303 Å². The number of hydrogen-bond donors (Lipinski definition) is 12. The Balaban J connectivity index is 0.00000146. The minimum absolute atomic E-state index is 0.103. The Morgan fingerprint density at radius 3 is 0.549 bits per heavy atom. The Kier molecular flexibility index (Phi) is 98.9. The summed E-state index contributed by atoms with van der Waals surface area (Å²) in [4.78, 5) is 65.7. The molecule has 0 saturated carbocycles. The number of nitrogens with zero attached hydrogens (tertiary/aromatic N) is 5. The number of carbonyl (C=O) groups excluding carboxylic acids is 4. The second-order valence-electron chi connectivity index (χ2n) is 45.8. The maximum absolute atomic E-state index is 14.5. The molecule has 2 rings (SSSR count). The zero-order valence-corrected chi connectivity index (χ0v) is 96.5. The molecule has 0 spiro atoms. The van der Waals surface area contributed by atoms with E-state index in [1.165, 1.54) is 283 Å². The Bertz CT molecular complexity index is 2570. The molecule has 13 atom stereocenters. The van der Waals surface area contributed by atoms with Crippen molar-refractivity contribution < 1.29 is 65.1 Å². The van der Waals surface area contributed by atoms with Crippen molar-refractivity contribution in [3.05, 3.63) is 0 Å². The van der Waals surface area contributed by atoms with E-state index in [1.54, 1.807) is 4.90 Å². The van der Waals surface area contributed by atoms with Gasteiger partial charge in [0.15, 0.2) is 0 Å². The fourth-order valence-electron chi connectivity index (χ4n) is 21.8. The van der Waals surface area contributed by atoms with Crippen LogP contribution in [0.4, 0.5) is 0 Å². The largest absolute Gasteiger partial charge is 0.392 e. The van der Waals surface area contributed by atoms with E-state index in [0.717, 1.165) is 231 Å². The first-order valence-electron chi connectivity index (χ1n) is 63.3. The number of hydrogen-bond acceptors (Lipinski definition) is 17. The summed E-state index contributed by atoms with van der Waals surface area (Å²) in [7, 11) is 0. The molecule has 2 heterocycles. The van der Waals surface area contributed by atoms with Crippen LogP contribution in [0.3, 0.4) is 0 Å². The van der Waals surface area contributed by atoms with Crippen molar-refractivity contribution in [3.63, 3.8) is 0 Å². The molecule has 13 unspecified atom stereocenters. The van der Waals surface area contributed by atoms with Crippen LogP contribution in [-0.2, 0) is 19.2 Å². The highest BCUT2D eigenvalue weighted by molar-refractivity contribution is 5.97. The van der Waals surface area contributed by atoms with Crippen molar-refractivity contribution in [3.8, 4) is 0 Å². The zero-order valence-electron chi connectivity index (χ0n) is 96.5. The van der Waals surface area contributed by atoms with E-state index in [4.69, 9.17) is 0 Å². The molecule has 12 N–H and O–H groups in total. The maximum Gasteiger partial charge on any atom is 0.245 e. The molecule has 0 bridgehead atoms. The van der Waals surface area contributed by atoms with Crippen LogP contribution in [0.1, 0.15) is 602 Å². The molecule has 144 heavy (non-hydrogen) atoms. The minimum Gasteiger partial charge on any atom is -0.392 e. The van der Waals surface area contributed by atoms with Crippen molar-refractivity contribution in [1.82, 2.24) is 40.4 Å². The van der Waals surface area contributed by atoms with Gasteiger partial charge in [0, 0.05) is 58.9 Å². The fraction of sp³-hybridized carbons (Fsp3) is 0.967. The molecule has 4 amide bonds. The third-order valence-electron chi connectivity index (χ3n) is 31.1. The SMILES string of the molecule is CCCCCCCCCC(O)CN(CCCCC1NC(=O)C(CCCCN(CC(O)CCCCCCCCC)CC(O)CCCCCCCCC)N(CC(O)CCCCCCCCC)C1=O)CC(O)CCCCCCCCC.CCCCCCCCCC(O)CN(CCCCC1NC(=O)C(CCCCN(CC(O)CCCCCCCCC)CC(O)CCCCCCCCC)NC1=O)CC(O)CCCCCCCCC. The molecule has 0 aromatic carbocycles. The van der Waals surface area contributed by atoms with Gasteiger partial charge < -0.3 is 66.8 Å². The van der Waals surface area contributed by atoms with E-state index in [9.17, 15) is 65.1 Å². The van der Waals surface area contributed by atoms with Gasteiger partial charge in [-0.15, -0.1) is 0 Å². The Hall–Kier alpha value is -2.64. The molecule has 2 aliphatic heterocycles. The van der Waals surface area contributed by atoms with Crippen LogP contribution >= 0.6 is 0 Å². The predicted octanol–water partition coefficient (Wildman–Crippen LogP) is 27.1. The average molecular weight is 2050 g/mol. The first kappa shape index (κ1) is 139. The third-order valence-corrected chi connectivity index (χ3v) is 31.1. The number of aliphatic hydroxyl groups is 9. The molecule has 0 aliphatic carbocycles. The van der Waals surface area contributed by atoms with Crippen LogP contribution in [0.15, 0.2) is 0 Å². The molecule has 21 heteroatoms. The lowest BCUT2D eigenvalue weighted by molar-refractivity contribution is -0.151. The number of aliphatic hydroxyl groups excluding tert-OH is 9. The smallest absolute Gasteiger partial charge is 0.245 e. The van der Waals surface area contributed by atoms with Gasteiger partial charge >= 0.3 is 0 Å². The molecule has 2 fully saturated rings. The molecule has 2 saturated heterocycles. The Labute approximate surface area is 889 Å². The van der Waals surface area contributed by atoms with Crippen LogP contribution < -0.4 is 16.0 Å². The maximum atomic E-state index is 14.5. The minimum atomic E-state index is -0.696.